The van der Waals surface area contributed by atoms with Gasteiger partial charge in [-0.15, -0.1) is 0 Å². The minimum atomic E-state index is -0.737. The van der Waals surface area contributed by atoms with Crippen LogP contribution < -0.4 is 10.2 Å². The van der Waals surface area contributed by atoms with E-state index in [4.69, 9.17) is 0 Å². The highest BCUT2D eigenvalue weighted by Gasteiger charge is 2.37. The Morgan fingerprint density at radius 3 is 2.46 bits per heavy atom. The quantitative estimate of drug-likeness (QED) is 0.545. The Kier molecular flexibility index (Phi) is 4.28. The molecule has 1 N–H and O–H groups in total. The van der Waals surface area contributed by atoms with E-state index < -0.39 is 17.8 Å². The average molecular weight is 370 g/mol. The number of carbonyl (C=O) groups excluding carboxylic acids is 3. The van der Waals surface area contributed by atoms with Crippen molar-refractivity contribution in [2.75, 3.05) is 4.90 Å². The van der Waals surface area contributed by atoms with Crippen LogP contribution in [-0.4, -0.2) is 17.8 Å². The van der Waals surface area contributed by atoms with Gasteiger partial charge in [0.15, 0.2) is 0 Å². The van der Waals surface area contributed by atoms with Crippen molar-refractivity contribution in [1.29, 1.82) is 0 Å². The lowest BCUT2D eigenvalue weighted by Gasteiger charge is -2.27. The summed E-state index contributed by atoms with van der Waals surface area (Å²) in [7, 11) is 0. The molecule has 1 aliphatic rings. The molecule has 1 saturated heterocycles. The Hall–Kier alpha value is -3.73. The van der Waals surface area contributed by atoms with E-state index in [9.17, 15) is 14.4 Å². The van der Waals surface area contributed by atoms with Gasteiger partial charge in [0.25, 0.3) is 11.8 Å². The summed E-state index contributed by atoms with van der Waals surface area (Å²) < 4.78 is 0. The van der Waals surface area contributed by atoms with Gasteiger partial charge in [0.1, 0.15) is 5.57 Å². The Labute approximate surface area is 162 Å². The molecule has 138 valence electrons. The minimum absolute atomic E-state index is 0.0724. The number of amides is 4. The van der Waals surface area contributed by atoms with Gasteiger partial charge in [0.05, 0.1) is 5.69 Å². The number of barbiturate groups is 1. The van der Waals surface area contributed by atoms with E-state index in [1.165, 1.54) is 0 Å². The highest BCUT2D eigenvalue weighted by Crippen LogP contribution is 2.27. The Bertz CT molecular complexity index is 1170. The van der Waals surface area contributed by atoms with Gasteiger partial charge in [-0.1, -0.05) is 54.6 Å². The predicted octanol–water partition coefficient (Wildman–Crippen LogP) is 4.12. The Morgan fingerprint density at radius 2 is 1.64 bits per heavy atom. The first kappa shape index (κ1) is 17.7. The fourth-order valence-electron chi connectivity index (χ4n) is 3.37. The van der Waals surface area contributed by atoms with Crippen molar-refractivity contribution in [1.82, 2.24) is 5.32 Å². The SMILES string of the molecule is Cc1ccc(C)c(N2C(=O)NC(=O)C(=Cc3cccc4ccccc34)C2=O)c1. The van der Waals surface area contributed by atoms with Gasteiger partial charge >= 0.3 is 6.03 Å². The number of aryl methyl sites for hydroxylation is 2. The molecule has 1 heterocycles. The van der Waals surface area contributed by atoms with E-state index in [2.05, 4.69) is 5.32 Å². The van der Waals surface area contributed by atoms with Crippen molar-refractivity contribution in [2.45, 2.75) is 13.8 Å². The number of rotatable bonds is 2. The third-order valence-electron chi connectivity index (χ3n) is 4.83. The van der Waals surface area contributed by atoms with Crippen LogP contribution in [0.15, 0.2) is 66.2 Å². The highest BCUT2D eigenvalue weighted by molar-refractivity contribution is 6.39. The van der Waals surface area contributed by atoms with E-state index in [1.54, 1.807) is 12.1 Å². The molecule has 0 saturated carbocycles. The number of nitrogens with zero attached hydrogens (tertiary/aromatic N) is 1. The summed E-state index contributed by atoms with van der Waals surface area (Å²) in [4.78, 5) is 39.0. The normalized spacial score (nSPS) is 16.0. The van der Waals surface area contributed by atoms with Crippen LogP contribution in [0.5, 0.6) is 0 Å². The van der Waals surface area contributed by atoms with E-state index >= 15 is 0 Å². The third kappa shape index (κ3) is 2.97. The lowest BCUT2D eigenvalue weighted by atomic mass is 10.0. The molecule has 0 spiro atoms. The predicted molar refractivity (Wildman–Crippen MR) is 109 cm³/mol. The first-order valence-corrected chi connectivity index (χ1v) is 8.92. The summed E-state index contributed by atoms with van der Waals surface area (Å²) in [6.45, 7) is 3.70. The molecule has 4 amide bonds. The summed E-state index contributed by atoms with van der Waals surface area (Å²) in [5.41, 5.74) is 2.83. The zero-order chi connectivity index (χ0) is 19.8. The molecule has 1 aliphatic heterocycles. The van der Waals surface area contributed by atoms with Gasteiger partial charge in [-0.2, -0.15) is 0 Å². The summed E-state index contributed by atoms with van der Waals surface area (Å²) in [6, 6.07) is 18.2. The molecule has 28 heavy (non-hydrogen) atoms. The second kappa shape index (κ2) is 6.78. The molecule has 1 fully saturated rings. The second-order valence-electron chi connectivity index (χ2n) is 6.82. The van der Waals surface area contributed by atoms with E-state index in [-0.39, 0.29) is 5.57 Å². The molecule has 0 aliphatic carbocycles. The van der Waals surface area contributed by atoms with Gasteiger partial charge in [-0.25, -0.2) is 9.69 Å². The molecule has 3 aromatic carbocycles. The highest BCUT2D eigenvalue weighted by atomic mass is 16.2. The zero-order valence-corrected chi connectivity index (χ0v) is 15.5. The van der Waals surface area contributed by atoms with Crippen LogP contribution >= 0.6 is 0 Å². The summed E-state index contributed by atoms with van der Waals surface area (Å²) in [6.07, 6.45) is 1.55. The number of hydrogen-bond acceptors (Lipinski definition) is 3. The van der Waals surface area contributed by atoms with Gasteiger partial charge < -0.3 is 0 Å². The van der Waals surface area contributed by atoms with Crippen LogP contribution in [0, 0.1) is 13.8 Å². The molecule has 0 radical (unpaired) electrons. The Balaban J connectivity index is 1.84. The number of hydrogen-bond donors (Lipinski definition) is 1. The second-order valence-corrected chi connectivity index (χ2v) is 6.82. The molecule has 5 nitrogen and oxygen atoms in total. The standard InChI is InChI=1S/C23H18N2O3/c1-14-10-11-15(2)20(12-14)25-22(27)19(21(26)24-23(25)28)13-17-8-5-7-16-6-3-4-9-18(16)17/h3-13H,1-2H3,(H,24,26,28). The summed E-state index contributed by atoms with van der Waals surface area (Å²) in [5, 5.41) is 4.21. The molecule has 0 atom stereocenters. The molecular formula is C23H18N2O3. The fraction of sp³-hybridized carbons (Fsp3) is 0.0870. The third-order valence-corrected chi connectivity index (χ3v) is 4.83. The van der Waals surface area contributed by atoms with Crippen LogP contribution in [-0.2, 0) is 9.59 Å². The first-order valence-electron chi connectivity index (χ1n) is 8.92. The smallest absolute Gasteiger partial charge is 0.273 e. The first-order chi connectivity index (χ1) is 13.5. The maximum Gasteiger partial charge on any atom is 0.335 e. The Morgan fingerprint density at radius 1 is 0.893 bits per heavy atom. The lowest BCUT2D eigenvalue weighted by Crippen LogP contribution is -2.54. The van der Waals surface area contributed by atoms with Gasteiger partial charge in [0, 0.05) is 0 Å². The molecule has 0 unspecified atom stereocenters. The van der Waals surface area contributed by atoms with Crippen molar-refractivity contribution in [2.24, 2.45) is 0 Å². The number of nitrogens with one attached hydrogen (secondary N) is 1. The van der Waals surface area contributed by atoms with Crippen LogP contribution in [0.2, 0.25) is 0 Å². The summed E-state index contributed by atoms with van der Waals surface area (Å²) >= 11 is 0. The van der Waals surface area contributed by atoms with Gasteiger partial charge in [-0.3, -0.25) is 14.9 Å². The number of benzene rings is 3. The molecule has 4 rings (SSSR count). The van der Waals surface area contributed by atoms with Crippen molar-refractivity contribution in [3.05, 3.63) is 82.9 Å². The molecular weight excluding hydrogens is 352 g/mol. The zero-order valence-electron chi connectivity index (χ0n) is 15.5. The molecule has 3 aromatic rings. The molecule has 0 bridgehead atoms. The number of urea groups is 1. The van der Waals surface area contributed by atoms with Gasteiger partial charge in [0.2, 0.25) is 0 Å². The largest absolute Gasteiger partial charge is 0.335 e. The summed E-state index contributed by atoms with van der Waals surface area (Å²) in [5.74, 6) is -1.32. The van der Waals surface area contributed by atoms with Crippen LogP contribution in [0.1, 0.15) is 16.7 Å². The molecule has 0 aromatic heterocycles. The molecule has 5 heteroatoms. The van der Waals surface area contributed by atoms with Crippen LogP contribution in [0.4, 0.5) is 10.5 Å². The van der Waals surface area contributed by atoms with Gasteiger partial charge in [-0.05, 0) is 53.5 Å². The number of fused-ring (bicyclic) bond motifs is 1. The fourth-order valence-corrected chi connectivity index (χ4v) is 3.37. The van der Waals surface area contributed by atoms with Crippen LogP contribution in [0.3, 0.4) is 0 Å². The van der Waals surface area contributed by atoms with Crippen molar-refractivity contribution in [3.8, 4) is 0 Å². The monoisotopic (exact) mass is 370 g/mol. The topological polar surface area (TPSA) is 66.5 Å². The van der Waals surface area contributed by atoms with E-state index in [0.717, 1.165) is 32.4 Å². The lowest BCUT2D eigenvalue weighted by molar-refractivity contribution is -0.122. The number of carbonyl (C=O) groups is 3. The maximum atomic E-state index is 13.1. The van der Waals surface area contributed by atoms with E-state index in [0.29, 0.717) is 5.69 Å². The maximum absolute atomic E-state index is 13.1. The van der Waals surface area contributed by atoms with Crippen molar-refractivity contribution in [3.63, 3.8) is 0 Å². The average Bonchev–Trinajstić information content (AvgIpc) is 2.68. The number of imide groups is 2. The van der Waals surface area contributed by atoms with Crippen molar-refractivity contribution >= 4 is 40.4 Å². The minimum Gasteiger partial charge on any atom is -0.273 e. The van der Waals surface area contributed by atoms with Crippen LogP contribution in [0.25, 0.3) is 16.8 Å². The number of anilines is 1. The van der Waals surface area contributed by atoms with E-state index in [1.807, 2.05) is 68.4 Å². The van der Waals surface area contributed by atoms with Crippen molar-refractivity contribution < 1.29 is 14.4 Å².